The van der Waals surface area contributed by atoms with E-state index < -0.39 is 24.7 Å². The van der Waals surface area contributed by atoms with Crippen molar-refractivity contribution in [3.63, 3.8) is 0 Å². The topological polar surface area (TPSA) is 93.1 Å². The first-order valence-electron chi connectivity index (χ1n) is 8.08. The van der Waals surface area contributed by atoms with Gasteiger partial charge in [-0.3, -0.25) is 19.5 Å². The van der Waals surface area contributed by atoms with Crippen LogP contribution in [0.4, 0.5) is 18.0 Å². The molecule has 0 aliphatic rings. The van der Waals surface area contributed by atoms with E-state index in [4.69, 9.17) is 0 Å². The fourth-order valence-electron chi connectivity index (χ4n) is 2.22. The van der Waals surface area contributed by atoms with Crippen molar-refractivity contribution in [3.8, 4) is 0 Å². The molecule has 1 aromatic heterocycles. The Kier molecular flexibility index (Phi) is 7.47. The predicted molar refractivity (Wildman–Crippen MR) is 102 cm³/mol. The Morgan fingerprint density at radius 1 is 1.32 bits per heavy atom. The minimum absolute atomic E-state index is 0.265. The summed E-state index contributed by atoms with van der Waals surface area (Å²) in [6, 6.07) is 3.80. The Labute approximate surface area is 170 Å². The maximum atomic E-state index is 12.7. The van der Waals surface area contributed by atoms with Gasteiger partial charge >= 0.3 is 12.2 Å². The van der Waals surface area contributed by atoms with E-state index in [9.17, 15) is 27.6 Å². The first kappa shape index (κ1) is 22.2. The Morgan fingerprint density at radius 2 is 2.04 bits per heavy atom. The molecule has 1 heterocycles. The molecule has 2 aromatic rings. The lowest BCUT2D eigenvalue weighted by Crippen LogP contribution is -2.44. The molecule has 28 heavy (non-hydrogen) atoms. The van der Waals surface area contributed by atoms with E-state index in [0.717, 1.165) is 16.2 Å². The smallest absolute Gasteiger partial charge is 0.329 e. The number of aromatic nitrogens is 2. The number of urea groups is 1. The lowest BCUT2D eigenvalue weighted by Gasteiger charge is -2.12. The highest BCUT2D eigenvalue weighted by Gasteiger charge is 2.28. The number of thioether (sulfide) groups is 1. The molecule has 12 heteroatoms. The van der Waals surface area contributed by atoms with Gasteiger partial charge in [0.25, 0.3) is 5.56 Å². The van der Waals surface area contributed by atoms with Crippen molar-refractivity contribution in [1.82, 2.24) is 20.2 Å². The fourth-order valence-corrected chi connectivity index (χ4v) is 3.41. The Balaban J connectivity index is 2.11. The van der Waals surface area contributed by atoms with Crippen LogP contribution in [0.25, 0.3) is 10.9 Å². The third-order valence-corrected chi connectivity index (χ3v) is 4.83. The molecule has 2 N–H and O–H groups in total. The molecular weight excluding hydrogens is 465 g/mol. The molecule has 0 spiro atoms. The van der Waals surface area contributed by atoms with Gasteiger partial charge in [-0.2, -0.15) is 13.2 Å². The number of amides is 3. The van der Waals surface area contributed by atoms with Gasteiger partial charge in [-0.15, -0.1) is 0 Å². The van der Waals surface area contributed by atoms with Crippen LogP contribution in [0.2, 0.25) is 0 Å². The van der Waals surface area contributed by atoms with Gasteiger partial charge in [-0.25, -0.2) is 9.78 Å². The second kappa shape index (κ2) is 9.41. The maximum Gasteiger partial charge on any atom is 0.405 e. The van der Waals surface area contributed by atoms with Crippen LogP contribution in [0.5, 0.6) is 0 Å². The third-order valence-electron chi connectivity index (χ3n) is 3.36. The highest BCUT2D eigenvalue weighted by atomic mass is 79.9. The van der Waals surface area contributed by atoms with Gasteiger partial charge in [-0.05, 0) is 24.6 Å². The molecule has 3 amide bonds. The quantitative estimate of drug-likeness (QED) is 0.489. The van der Waals surface area contributed by atoms with Gasteiger partial charge in [0.2, 0.25) is 5.91 Å². The average molecular weight is 481 g/mol. The molecule has 0 radical (unpaired) electrons. The van der Waals surface area contributed by atoms with E-state index in [-0.39, 0.29) is 16.5 Å². The molecule has 0 saturated heterocycles. The monoisotopic (exact) mass is 480 g/mol. The number of hydrogen-bond acceptors (Lipinski definition) is 5. The number of carbonyl (C=O) groups is 2. The van der Waals surface area contributed by atoms with Gasteiger partial charge in [0.15, 0.2) is 5.16 Å². The summed E-state index contributed by atoms with van der Waals surface area (Å²) in [7, 11) is 0. The molecule has 2 rings (SSSR count). The zero-order chi connectivity index (χ0) is 20.9. The van der Waals surface area contributed by atoms with Crippen LogP contribution in [0.1, 0.15) is 13.3 Å². The SMILES string of the molecule is CCCn1c(SCC(=O)NC(=O)NCC(F)(F)F)nc2ccc(Br)cc2c1=O. The number of imide groups is 1. The summed E-state index contributed by atoms with van der Waals surface area (Å²) in [5.41, 5.74) is 0.186. The molecule has 0 bridgehead atoms. The molecular formula is C16H16BrF3N4O3S. The first-order valence-corrected chi connectivity index (χ1v) is 9.86. The van der Waals surface area contributed by atoms with Gasteiger partial charge in [0.1, 0.15) is 6.54 Å². The molecule has 0 fully saturated rings. The van der Waals surface area contributed by atoms with Gasteiger partial charge in [-0.1, -0.05) is 34.6 Å². The summed E-state index contributed by atoms with van der Waals surface area (Å²) in [4.78, 5) is 40.2. The summed E-state index contributed by atoms with van der Waals surface area (Å²) in [6.45, 7) is 0.713. The number of benzene rings is 1. The van der Waals surface area contributed by atoms with Crippen molar-refractivity contribution < 1.29 is 22.8 Å². The number of nitrogens with one attached hydrogen (secondary N) is 2. The Morgan fingerprint density at radius 3 is 2.68 bits per heavy atom. The Hall–Kier alpha value is -2.08. The van der Waals surface area contributed by atoms with E-state index in [1.807, 2.05) is 6.92 Å². The molecule has 0 aliphatic carbocycles. The van der Waals surface area contributed by atoms with Crippen molar-refractivity contribution >= 4 is 50.5 Å². The molecule has 1 aromatic carbocycles. The number of nitrogens with zero attached hydrogens (tertiary/aromatic N) is 2. The lowest BCUT2D eigenvalue weighted by atomic mass is 10.2. The summed E-state index contributed by atoms with van der Waals surface area (Å²) >= 11 is 4.22. The van der Waals surface area contributed by atoms with Crippen LogP contribution >= 0.6 is 27.7 Å². The summed E-state index contributed by atoms with van der Waals surface area (Å²) in [6.07, 6.45) is -3.92. The zero-order valence-electron chi connectivity index (χ0n) is 14.6. The first-order chi connectivity index (χ1) is 13.1. The minimum Gasteiger partial charge on any atom is -0.329 e. The zero-order valence-corrected chi connectivity index (χ0v) is 17.0. The van der Waals surface area contributed by atoms with Crippen LogP contribution in [-0.2, 0) is 11.3 Å². The number of hydrogen-bond donors (Lipinski definition) is 2. The second-order valence-electron chi connectivity index (χ2n) is 5.65. The third kappa shape index (κ3) is 6.23. The van der Waals surface area contributed by atoms with Crippen LogP contribution in [0.15, 0.2) is 32.6 Å². The molecule has 0 saturated carbocycles. The molecule has 7 nitrogen and oxygen atoms in total. The van der Waals surface area contributed by atoms with Gasteiger partial charge in [0, 0.05) is 11.0 Å². The van der Waals surface area contributed by atoms with Crippen LogP contribution in [0, 0.1) is 0 Å². The van der Waals surface area contributed by atoms with E-state index >= 15 is 0 Å². The highest BCUT2D eigenvalue weighted by Crippen LogP contribution is 2.20. The molecule has 0 unspecified atom stereocenters. The molecule has 0 atom stereocenters. The number of alkyl halides is 3. The van der Waals surface area contributed by atoms with Gasteiger partial charge in [0.05, 0.1) is 16.7 Å². The minimum atomic E-state index is -4.57. The van der Waals surface area contributed by atoms with E-state index in [2.05, 4.69) is 20.9 Å². The van der Waals surface area contributed by atoms with Crippen molar-refractivity contribution in [3.05, 3.63) is 33.0 Å². The second-order valence-corrected chi connectivity index (χ2v) is 7.51. The van der Waals surface area contributed by atoms with Crippen LogP contribution in [0.3, 0.4) is 0 Å². The largest absolute Gasteiger partial charge is 0.405 e. The van der Waals surface area contributed by atoms with Gasteiger partial charge < -0.3 is 5.32 Å². The Bertz CT molecular complexity index is 949. The lowest BCUT2D eigenvalue weighted by molar-refractivity contribution is -0.124. The average Bonchev–Trinajstić information content (AvgIpc) is 2.61. The number of carbonyl (C=O) groups excluding carboxylic acids is 2. The summed E-state index contributed by atoms with van der Waals surface area (Å²) in [5.74, 6) is -1.10. The summed E-state index contributed by atoms with van der Waals surface area (Å²) < 4.78 is 38.3. The molecule has 152 valence electrons. The van der Waals surface area contributed by atoms with E-state index in [0.29, 0.717) is 23.9 Å². The standard InChI is InChI=1S/C16H16BrF3N4O3S/c1-2-5-24-13(26)10-6-9(17)3-4-11(10)22-15(24)28-7-12(25)23-14(27)21-8-16(18,19)20/h3-4,6H,2,5,7-8H2,1H3,(H2,21,23,25,27). The fraction of sp³-hybridized carbons (Fsp3) is 0.375. The van der Waals surface area contributed by atoms with E-state index in [1.165, 1.54) is 4.57 Å². The number of halogens is 4. The number of rotatable bonds is 6. The van der Waals surface area contributed by atoms with Crippen LogP contribution < -0.4 is 16.2 Å². The summed E-state index contributed by atoms with van der Waals surface area (Å²) in [5, 5.41) is 4.05. The molecule has 0 aliphatic heterocycles. The van der Waals surface area contributed by atoms with Crippen molar-refractivity contribution in [2.24, 2.45) is 0 Å². The van der Waals surface area contributed by atoms with Crippen molar-refractivity contribution in [1.29, 1.82) is 0 Å². The predicted octanol–water partition coefficient (Wildman–Crippen LogP) is 3.05. The number of fused-ring (bicyclic) bond motifs is 1. The van der Waals surface area contributed by atoms with E-state index in [1.54, 1.807) is 28.8 Å². The van der Waals surface area contributed by atoms with Crippen molar-refractivity contribution in [2.75, 3.05) is 12.3 Å². The normalized spacial score (nSPS) is 11.5. The van der Waals surface area contributed by atoms with Crippen LogP contribution in [-0.4, -0.2) is 40.0 Å². The highest BCUT2D eigenvalue weighted by molar-refractivity contribution is 9.10. The van der Waals surface area contributed by atoms with Crippen molar-refractivity contribution in [2.45, 2.75) is 31.2 Å². The maximum absolute atomic E-state index is 12.7.